The number of nitrogens with zero attached hydrogens (tertiary/aromatic N) is 3. The van der Waals surface area contributed by atoms with Crippen molar-refractivity contribution in [1.29, 1.82) is 0 Å². The molecule has 1 atom stereocenters. The molecule has 1 aliphatic heterocycles. The van der Waals surface area contributed by atoms with Crippen LogP contribution in [0.4, 0.5) is 20.4 Å². The van der Waals surface area contributed by atoms with Gasteiger partial charge in [0.15, 0.2) is 11.6 Å². The van der Waals surface area contributed by atoms with Crippen LogP contribution in [0, 0.1) is 11.6 Å². The van der Waals surface area contributed by atoms with Crippen molar-refractivity contribution < 1.29 is 18.4 Å². The monoisotopic (exact) mass is 382 g/mol. The fourth-order valence-electron chi connectivity index (χ4n) is 3.69. The number of hydrogen-bond acceptors (Lipinski definition) is 3. The lowest BCUT2D eigenvalue weighted by Crippen LogP contribution is -2.33. The summed E-state index contributed by atoms with van der Waals surface area (Å²) in [5, 5.41) is 2.54. The fraction of sp³-hybridized carbons (Fsp3) is 0.250. The molecular weight excluding hydrogens is 366 g/mol. The minimum absolute atomic E-state index is 0.117. The fourth-order valence-corrected chi connectivity index (χ4v) is 3.69. The van der Waals surface area contributed by atoms with Crippen LogP contribution in [-0.2, 0) is 9.59 Å². The van der Waals surface area contributed by atoms with Crippen molar-refractivity contribution in [3.05, 3.63) is 54.1 Å². The van der Waals surface area contributed by atoms with Crippen molar-refractivity contribution in [3.63, 3.8) is 0 Å². The molecule has 3 aromatic rings. The average Bonchev–Trinajstić information content (AvgIpc) is 3.37. The number of fused-ring (bicyclic) bond motifs is 3. The molecule has 142 valence electrons. The molecule has 28 heavy (non-hydrogen) atoms. The molecule has 1 aromatic heterocycles. The van der Waals surface area contributed by atoms with Crippen LogP contribution >= 0.6 is 0 Å². The summed E-state index contributed by atoms with van der Waals surface area (Å²) in [6.07, 6.45) is 1.72. The molecule has 1 N–H and O–H groups in total. The lowest BCUT2D eigenvalue weighted by molar-refractivity contribution is -0.124. The SMILES string of the molecule is O=C(C[C@@H]1C(=O)N(C2CC2)c2nc3ccccc3n21)Nc1ccc(F)c(F)c1. The Balaban J connectivity index is 1.45. The summed E-state index contributed by atoms with van der Waals surface area (Å²) >= 11 is 0. The van der Waals surface area contributed by atoms with E-state index in [0.717, 1.165) is 36.0 Å². The normalized spacial score (nSPS) is 18.6. The molecule has 0 radical (unpaired) electrons. The first-order valence-electron chi connectivity index (χ1n) is 9.08. The third-order valence-corrected chi connectivity index (χ3v) is 5.12. The zero-order valence-electron chi connectivity index (χ0n) is 14.7. The largest absolute Gasteiger partial charge is 0.326 e. The van der Waals surface area contributed by atoms with Gasteiger partial charge < -0.3 is 5.32 Å². The molecule has 2 amide bonds. The van der Waals surface area contributed by atoms with Crippen LogP contribution < -0.4 is 10.2 Å². The molecule has 2 aliphatic rings. The van der Waals surface area contributed by atoms with E-state index >= 15 is 0 Å². The topological polar surface area (TPSA) is 67.2 Å². The van der Waals surface area contributed by atoms with Gasteiger partial charge in [0.25, 0.3) is 5.91 Å². The van der Waals surface area contributed by atoms with Gasteiger partial charge in [-0.25, -0.2) is 13.8 Å². The summed E-state index contributed by atoms with van der Waals surface area (Å²) < 4.78 is 28.3. The minimum atomic E-state index is -1.04. The Bertz CT molecular complexity index is 1120. The first kappa shape index (κ1) is 16.9. The van der Waals surface area contributed by atoms with Gasteiger partial charge in [-0.15, -0.1) is 0 Å². The van der Waals surface area contributed by atoms with Crippen LogP contribution in [0.25, 0.3) is 11.0 Å². The van der Waals surface area contributed by atoms with Crippen molar-refractivity contribution in [2.24, 2.45) is 0 Å². The summed E-state index contributed by atoms with van der Waals surface area (Å²) in [6, 6.07) is 10.0. The van der Waals surface area contributed by atoms with Gasteiger partial charge in [0, 0.05) is 17.8 Å². The Labute approximate surface area is 158 Å². The molecule has 1 aliphatic carbocycles. The Morgan fingerprint density at radius 3 is 2.68 bits per heavy atom. The zero-order chi connectivity index (χ0) is 19.4. The summed E-state index contributed by atoms with van der Waals surface area (Å²) in [5.74, 6) is -2.07. The number of halogens is 2. The molecule has 8 heteroatoms. The number of carbonyl (C=O) groups excluding carboxylic acids is 2. The maximum atomic E-state index is 13.4. The molecule has 0 bridgehead atoms. The lowest BCUT2D eigenvalue weighted by atomic mass is 10.1. The number of carbonyl (C=O) groups is 2. The van der Waals surface area contributed by atoms with Gasteiger partial charge in [-0.05, 0) is 37.1 Å². The molecule has 1 fully saturated rings. The predicted molar refractivity (Wildman–Crippen MR) is 98.9 cm³/mol. The Hall–Kier alpha value is -3.29. The van der Waals surface area contributed by atoms with Crippen LogP contribution in [0.5, 0.6) is 0 Å². The predicted octanol–water partition coefficient (Wildman–Crippen LogP) is 3.39. The highest BCUT2D eigenvalue weighted by Gasteiger charge is 2.47. The van der Waals surface area contributed by atoms with E-state index in [9.17, 15) is 18.4 Å². The van der Waals surface area contributed by atoms with Gasteiger partial charge in [0.05, 0.1) is 17.5 Å². The van der Waals surface area contributed by atoms with Gasteiger partial charge in [-0.1, -0.05) is 12.1 Å². The lowest BCUT2D eigenvalue weighted by Gasteiger charge is -2.15. The van der Waals surface area contributed by atoms with Crippen molar-refractivity contribution in [3.8, 4) is 0 Å². The van der Waals surface area contributed by atoms with Gasteiger partial charge in [-0.2, -0.15) is 0 Å². The van der Waals surface area contributed by atoms with E-state index in [2.05, 4.69) is 10.3 Å². The third kappa shape index (κ3) is 2.64. The third-order valence-electron chi connectivity index (χ3n) is 5.12. The van der Waals surface area contributed by atoms with E-state index in [1.807, 2.05) is 24.3 Å². The van der Waals surface area contributed by atoms with Crippen molar-refractivity contribution in [2.45, 2.75) is 31.3 Å². The van der Waals surface area contributed by atoms with Crippen LogP contribution in [0.15, 0.2) is 42.5 Å². The number of para-hydroxylation sites is 2. The van der Waals surface area contributed by atoms with Crippen LogP contribution in [0.2, 0.25) is 0 Å². The first-order chi connectivity index (χ1) is 13.5. The second-order valence-electron chi connectivity index (χ2n) is 7.11. The number of amides is 2. The average molecular weight is 382 g/mol. The molecule has 0 spiro atoms. The maximum Gasteiger partial charge on any atom is 0.253 e. The number of rotatable bonds is 4. The molecule has 6 nitrogen and oxygen atoms in total. The summed E-state index contributed by atoms with van der Waals surface area (Å²) in [6.45, 7) is 0. The van der Waals surface area contributed by atoms with Crippen LogP contribution in [0.1, 0.15) is 25.3 Å². The number of hydrogen-bond donors (Lipinski definition) is 1. The molecule has 5 rings (SSSR count). The van der Waals surface area contributed by atoms with Crippen LogP contribution in [-0.4, -0.2) is 27.4 Å². The molecule has 0 unspecified atom stereocenters. The zero-order valence-corrected chi connectivity index (χ0v) is 14.7. The smallest absolute Gasteiger partial charge is 0.253 e. The second kappa shape index (κ2) is 6.12. The number of nitrogens with one attached hydrogen (secondary N) is 1. The van der Waals surface area contributed by atoms with E-state index in [-0.39, 0.29) is 24.1 Å². The molecule has 2 aromatic carbocycles. The first-order valence-corrected chi connectivity index (χ1v) is 9.08. The van der Waals surface area contributed by atoms with Gasteiger partial charge in [0.1, 0.15) is 6.04 Å². The van der Waals surface area contributed by atoms with E-state index in [1.165, 1.54) is 6.07 Å². The number of benzene rings is 2. The Kier molecular flexibility index (Phi) is 3.68. The Morgan fingerprint density at radius 1 is 1.14 bits per heavy atom. The summed E-state index contributed by atoms with van der Waals surface area (Å²) in [7, 11) is 0. The molecule has 0 saturated heterocycles. The molecule has 1 saturated carbocycles. The van der Waals surface area contributed by atoms with Gasteiger partial charge >= 0.3 is 0 Å². The minimum Gasteiger partial charge on any atom is -0.326 e. The van der Waals surface area contributed by atoms with E-state index in [0.29, 0.717) is 5.95 Å². The van der Waals surface area contributed by atoms with E-state index < -0.39 is 23.6 Å². The van der Waals surface area contributed by atoms with E-state index in [4.69, 9.17) is 0 Å². The number of anilines is 2. The molecular formula is C20H16F2N4O2. The van der Waals surface area contributed by atoms with Crippen molar-refractivity contribution in [1.82, 2.24) is 9.55 Å². The van der Waals surface area contributed by atoms with Gasteiger partial charge in [0.2, 0.25) is 11.9 Å². The summed E-state index contributed by atoms with van der Waals surface area (Å²) in [5.41, 5.74) is 1.70. The quantitative estimate of drug-likeness (QED) is 0.752. The maximum absolute atomic E-state index is 13.4. The second-order valence-corrected chi connectivity index (χ2v) is 7.11. The van der Waals surface area contributed by atoms with E-state index in [1.54, 1.807) is 9.47 Å². The molecule has 2 heterocycles. The van der Waals surface area contributed by atoms with Crippen molar-refractivity contribution in [2.75, 3.05) is 10.2 Å². The van der Waals surface area contributed by atoms with Gasteiger partial charge in [-0.3, -0.25) is 19.1 Å². The number of aromatic nitrogens is 2. The van der Waals surface area contributed by atoms with Crippen molar-refractivity contribution >= 4 is 34.5 Å². The number of imidazole rings is 1. The standard InChI is InChI=1S/C20H16F2N4O2/c21-13-8-5-11(9-14(13)22)23-18(27)10-17-19(28)25(12-6-7-12)20-24-15-3-1-2-4-16(15)26(17)20/h1-5,8-9,12,17H,6-7,10H2,(H,23,27)/t17-/m1/s1. The highest BCUT2D eigenvalue weighted by Crippen LogP contribution is 2.42. The highest BCUT2D eigenvalue weighted by molar-refractivity contribution is 6.05. The highest BCUT2D eigenvalue weighted by atomic mass is 19.2. The summed E-state index contributed by atoms with van der Waals surface area (Å²) in [4.78, 5) is 31.8. The van der Waals surface area contributed by atoms with Crippen LogP contribution in [0.3, 0.4) is 0 Å². The Morgan fingerprint density at radius 2 is 1.93 bits per heavy atom.